The van der Waals surface area contributed by atoms with Crippen molar-refractivity contribution in [2.75, 3.05) is 0 Å². The Kier molecular flexibility index (Phi) is 1.17. The van der Waals surface area contributed by atoms with E-state index in [9.17, 15) is 0 Å². The van der Waals surface area contributed by atoms with Gasteiger partial charge < -0.3 is 0 Å². The van der Waals surface area contributed by atoms with Crippen LogP contribution in [0, 0.1) is 0 Å². The quantitative estimate of drug-likeness (QED) is 0.387. The first-order valence-corrected chi connectivity index (χ1v) is 6.86. The topological polar surface area (TPSA) is 13.7 Å². The Labute approximate surface area is 131 Å². The van der Waals surface area contributed by atoms with Crippen LogP contribution in [0.4, 0.5) is 0 Å². The van der Waals surface area contributed by atoms with Gasteiger partial charge in [0, 0.05) is 5.56 Å². The summed E-state index contributed by atoms with van der Waals surface area (Å²) >= 11 is 0. The van der Waals surface area contributed by atoms with Crippen LogP contribution in [0.2, 0.25) is 0 Å². The highest BCUT2D eigenvalue weighted by atomic mass is 15.2. The highest BCUT2D eigenvalue weighted by molar-refractivity contribution is 6.04. The van der Waals surface area contributed by atoms with Gasteiger partial charge in [0.05, 0.1) is 39.7 Å². The molecular formula is C18H16N3+. The number of hydrogen-bond acceptors (Lipinski definition) is 0. The first kappa shape index (κ1) is 6.94. The van der Waals surface area contributed by atoms with Crippen molar-refractivity contribution in [3.05, 3.63) is 54.1 Å². The Hall–Kier alpha value is -2.55. The fraction of sp³-hybridized carbons (Fsp3) is 0.167. The molecule has 4 aromatic rings. The molecule has 102 valence electrons. The minimum atomic E-state index is -2.44. The van der Waals surface area contributed by atoms with E-state index in [2.05, 4.69) is 0 Å². The average molecular weight is 280 g/mol. The van der Waals surface area contributed by atoms with Crippen molar-refractivity contribution in [3.63, 3.8) is 0 Å². The van der Waals surface area contributed by atoms with Gasteiger partial charge in [-0.1, -0.05) is 30.3 Å². The molecule has 0 bridgehead atoms. The third kappa shape index (κ3) is 1.18. The summed E-state index contributed by atoms with van der Waals surface area (Å²) in [7, 11) is 0. The summed E-state index contributed by atoms with van der Waals surface area (Å²) in [6.07, 6.45) is 0. The second kappa shape index (κ2) is 3.55. The third-order valence-corrected chi connectivity index (χ3v) is 4.36. The lowest BCUT2D eigenvalue weighted by molar-refractivity contribution is -0.648. The molecule has 3 heterocycles. The average Bonchev–Trinajstić information content (AvgIpc) is 3.19. The summed E-state index contributed by atoms with van der Waals surface area (Å²) in [5.74, 6) is 0.527. The summed E-state index contributed by atoms with van der Waals surface area (Å²) < 4.78 is 53.1. The van der Waals surface area contributed by atoms with Crippen molar-refractivity contribution in [1.82, 2.24) is 9.13 Å². The number of para-hydroxylation sites is 1. The van der Waals surface area contributed by atoms with Gasteiger partial charge in [-0.3, -0.25) is 9.13 Å². The standard InChI is InChI=1S/C18H16N3/c1-19-15-10-6-5-9-14(15)16-18(19)21-11-12-7-3-4-8-13(12)17(21)20(16)2/h3-10H,11H2,1-2H3/q+1/i1D3,2D3. The normalized spacial score (nSPS) is 18.5. The highest BCUT2D eigenvalue weighted by Crippen LogP contribution is 2.34. The molecule has 2 aromatic carbocycles. The number of aromatic nitrogens is 3. The number of rotatable bonds is 0. The number of nitrogens with zero attached hydrogens (tertiary/aromatic N) is 3. The fourth-order valence-corrected chi connectivity index (χ4v) is 3.47. The van der Waals surface area contributed by atoms with Crippen molar-refractivity contribution in [2.24, 2.45) is 14.0 Å². The molecule has 0 amide bonds. The monoisotopic (exact) mass is 280 g/mol. The molecule has 0 atom stereocenters. The van der Waals surface area contributed by atoms with Crippen LogP contribution in [0.15, 0.2) is 48.5 Å². The van der Waals surface area contributed by atoms with E-state index in [4.69, 9.17) is 8.22 Å². The number of imidazole rings is 1. The molecule has 0 N–H and O–H groups in total. The summed E-state index contributed by atoms with van der Waals surface area (Å²) in [6, 6.07) is 14.7. The summed E-state index contributed by atoms with van der Waals surface area (Å²) in [5.41, 5.74) is 3.16. The molecule has 3 heteroatoms. The Morgan fingerprint density at radius 3 is 2.71 bits per heavy atom. The molecule has 1 aliphatic rings. The van der Waals surface area contributed by atoms with E-state index in [0.29, 0.717) is 34.4 Å². The summed E-state index contributed by atoms with van der Waals surface area (Å²) in [5, 5.41) is 0.624. The lowest BCUT2D eigenvalue weighted by Gasteiger charge is -1.97. The summed E-state index contributed by atoms with van der Waals surface area (Å²) in [6.45, 7) is -4.44. The second-order valence-electron chi connectivity index (χ2n) is 5.43. The smallest absolute Gasteiger partial charge is 0.259 e. The van der Waals surface area contributed by atoms with Crippen LogP contribution < -0.4 is 4.57 Å². The van der Waals surface area contributed by atoms with Gasteiger partial charge in [0.15, 0.2) is 5.52 Å². The number of benzene rings is 2. The molecule has 2 aromatic heterocycles. The summed E-state index contributed by atoms with van der Waals surface area (Å²) in [4.78, 5) is 0. The van der Waals surface area contributed by atoms with Gasteiger partial charge in [-0.15, -0.1) is 0 Å². The number of fused-ring (bicyclic) bond motifs is 7. The molecule has 3 nitrogen and oxygen atoms in total. The Morgan fingerprint density at radius 1 is 1.00 bits per heavy atom. The van der Waals surface area contributed by atoms with E-state index in [1.54, 1.807) is 24.3 Å². The zero-order valence-electron chi connectivity index (χ0n) is 17.2. The van der Waals surface area contributed by atoms with Crippen LogP contribution in [-0.4, -0.2) is 9.13 Å². The second-order valence-corrected chi connectivity index (χ2v) is 5.43. The maximum absolute atomic E-state index is 8.16. The number of aryl methyl sites for hydroxylation is 2. The molecule has 0 saturated heterocycles. The third-order valence-electron chi connectivity index (χ3n) is 4.36. The largest absolute Gasteiger partial charge is 0.269 e. The van der Waals surface area contributed by atoms with Crippen LogP contribution in [0.25, 0.3) is 33.5 Å². The number of hydrogen-bond donors (Lipinski definition) is 0. The van der Waals surface area contributed by atoms with Crippen LogP contribution in [0.1, 0.15) is 13.8 Å². The van der Waals surface area contributed by atoms with Gasteiger partial charge in [0.2, 0.25) is 5.82 Å². The van der Waals surface area contributed by atoms with E-state index in [0.717, 1.165) is 11.1 Å². The van der Waals surface area contributed by atoms with Crippen molar-refractivity contribution in [2.45, 2.75) is 6.54 Å². The van der Waals surface area contributed by atoms with Crippen LogP contribution >= 0.6 is 0 Å². The Bertz CT molecular complexity index is 1230. The minimum absolute atomic E-state index is 0.415. The molecule has 21 heavy (non-hydrogen) atoms. The molecule has 0 spiro atoms. The van der Waals surface area contributed by atoms with Crippen molar-refractivity contribution in [1.29, 1.82) is 0 Å². The molecule has 1 aliphatic heterocycles. The van der Waals surface area contributed by atoms with Gasteiger partial charge in [-0.05, 0) is 18.2 Å². The van der Waals surface area contributed by atoms with Crippen LogP contribution in [0.5, 0.6) is 0 Å². The van der Waals surface area contributed by atoms with E-state index >= 15 is 0 Å². The fourth-order valence-electron chi connectivity index (χ4n) is 3.47. The molecule has 0 saturated carbocycles. The first-order chi connectivity index (χ1) is 12.7. The molecule has 0 fully saturated rings. The lowest BCUT2D eigenvalue weighted by atomic mass is 10.1. The van der Waals surface area contributed by atoms with Crippen molar-refractivity contribution >= 4 is 22.1 Å². The van der Waals surface area contributed by atoms with Gasteiger partial charge in [-0.2, -0.15) is 0 Å². The van der Waals surface area contributed by atoms with E-state index in [1.165, 1.54) is 9.13 Å². The zero-order chi connectivity index (χ0) is 19.1. The molecule has 5 rings (SSSR count). The van der Waals surface area contributed by atoms with Gasteiger partial charge in [-0.25, -0.2) is 4.57 Å². The first-order valence-electron chi connectivity index (χ1n) is 9.86. The van der Waals surface area contributed by atoms with Crippen LogP contribution in [0.3, 0.4) is 0 Å². The molecule has 0 radical (unpaired) electrons. The van der Waals surface area contributed by atoms with E-state index in [-0.39, 0.29) is 0 Å². The maximum Gasteiger partial charge on any atom is 0.269 e. The van der Waals surface area contributed by atoms with Crippen LogP contribution in [-0.2, 0) is 20.5 Å². The Morgan fingerprint density at radius 2 is 1.81 bits per heavy atom. The van der Waals surface area contributed by atoms with Gasteiger partial charge in [0.25, 0.3) is 5.65 Å². The SMILES string of the molecule is [2H]C([2H])([2H])n1c2[n+](c3c1c1ccccc1n3C([2H])([2H])[2H])Cc1ccccc1-2. The molecule has 0 unspecified atom stereocenters. The predicted octanol–water partition coefficient (Wildman–Crippen LogP) is 2.99. The van der Waals surface area contributed by atoms with Crippen molar-refractivity contribution < 1.29 is 12.8 Å². The Balaban J connectivity index is 2.07. The van der Waals surface area contributed by atoms with E-state index < -0.39 is 14.0 Å². The van der Waals surface area contributed by atoms with E-state index in [1.807, 2.05) is 28.8 Å². The molecule has 0 aliphatic carbocycles. The predicted molar refractivity (Wildman–Crippen MR) is 84.1 cm³/mol. The highest BCUT2D eigenvalue weighted by Gasteiger charge is 2.33. The minimum Gasteiger partial charge on any atom is -0.259 e. The van der Waals surface area contributed by atoms with Gasteiger partial charge >= 0.3 is 0 Å². The lowest BCUT2D eigenvalue weighted by Crippen LogP contribution is -2.33. The van der Waals surface area contributed by atoms with Crippen molar-refractivity contribution in [3.8, 4) is 11.4 Å². The zero-order valence-corrected chi connectivity index (χ0v) is 11.2. The van der Waals surface area contributed by atoms with Gasteiger partial charge in [0.1, 0.15) is 5.52 Å². The maximum atomic E-state index is 8.16. The molecular weight excluding hydrogens is 258 g/mol.